The van der Waals surface area contributed by atoms with Crippen molar-refractivity contribution in [1.29, 1.82) is 0 Å². The van der Waals surface area contributed by atoms with Crippen LogP contribution in [0.5, 0.6) is 5.75 Å². The van der Waals surface area contributed by atoms with Crippen LogP contribution in [-0.2, 0) is 6.42 Å². The molecule has 0 aliphatic heterocycles. The number of nitrogens with two attached hydrogens (primary N) is 1. The fourth-order valence-corrected chi connectivity index (χ4v) is 2.84. The highest BCUT2D eigenvalue weighted by Gasteiger charge is 2.14. The number of nitrogens with one attached hydrogen (secondary N) is 1. The van der Waals surface area contributed by atoms with E-state index in [0.717, 1.165) is 18.6 Å². The van der Waals surface area contributed by atoms with Gasteiger partial charge in [-0.15, -0.1) is 0 Å². The number of methoxy groups -OCH3 is 1. The number of hydrogen-bond donors (Lipinski definition) is 2. The summed E-state index contributed by atoms with van der Waals surface area (Å²) in [6, 6.07) is 8.62. The first-order chi connectivity index (χ1) is 9.83. The van der Waals surface area contributed by atoms with Crippen LogP contribution in [0.1, 0.15) is 44.1 Å². The molecule has 3 heteroatoms. The Kier molecular flexibility index (Phi) is 6.09. The molecule has 0 radical (unpaired) electrons. The molecule has 0 bridgehead atoms. The highest BCUT2D eigenvalue weighted by atomic mass is 16.5. The maximum absolute atomic E-state index is 5.75. The van der Waals surface area contributed by atoms with Gasteiger partial charge in [-0.05, 0) is 56.2 Å². The zero-order chi connectivity index (χ0) is 14.2. The molecule has 3 N–H and O–H groups in total. The van der Waals surface area contributed by atoms with Gasteiger partial charge in [-0.3, -0.25) is 11.3 Å². The highest BCUT2D eigenvalue weighted by molar-refractivity contribution is 5.27. The van der Waals surface area contributed by atoms with E-state index in [1.807, 2.05) is 12.1 Å². The number of hydrazine groups is 1. The molecule has 1 aliphatic rings. The van der Waals surface area contributed by atoms with Crippen molar-refractivity contribution in [3.05, 3.63) is 41.5 Å². The zero-order valence-corrected chi connectivity index (χ0v) is 12.4. The largest absolute Gasteiger partial charge is 0.497 e. The molecule has 1 unspecified atom stereocenters. The molecule has 3 nitrogen and oxygen atoms in total. The fraction of sp³-hybridized carbons (Fsp3) is 0.529. The maximum atomic E-state index is 5.75. The highest BCUT2D eigenvalue weighted by Crippen LogP contribution is 2.22. The predicted octanol–water partition coefficient (Wildman–Crippen LogP) is 3.35. The van der Waals surface area contributed by atoms with Crippen molar-refractivity contribution in [1.82, 2.24) is 5.43 Å². The first kappa shape index (κ1) is 15.1. The molecular weight excluding hydrogens is 248 g/mol. The van der Waals surface area contributed by atoms with E-state index >= 15 is 0 Å². The van der Waals surface area contributed by atoms with Crippen LogP contribution in [0.15, 0.2) is 35.9 Å². The third-order valence-electron chi connectivity index (χ3n) is 4.11. The van der Waals surface area contributed by atoms with E-state index in [4.69, 9.17) is 10.6 Å². The summed E-state index contributed by atoms with van der Waals surface area (Å²) in [6.45, 7) is 0. The summed E-state index contributed by atoms with van der Waals surface area (Å²) >= 11 is 0. The second-order valence-corrected chi connectivity index (χ2v) is 5.48. The lowest BCUT2D eigenvalue weighted by molar-refractivity contribution is 0.414. The van der Waals surface area contributed by atoms with Gasteiger partial charge in [0.1, 0.15) is 5.75 Å². The van der Waals surface area contributed by atoms with Gasteiger partial charge in [0.25, 0.3) is 0 Å². The Morgan fingerprint density at radius 3 is 2.70 bits per heavy atom. The van der Waals surface area contributed by atoms with E-state index in [-0.39, 0.29) is 0 Å². The Labute approximate surface area is 122 Å². The van der Waals surface area contributed by atoms with Gasteiger partial charge in [-0.25, -0.2) is 0 Å². The summed E-state index contributed by atoms with van der Waals surface area (Å²) < 4.78 is 5.18. The van der Waals surface area contributed by atoms with E-state index in [1.165, 1.54) is 43.2 Å². The molecule has 1 aromatic carbocycles. The predicted molar refractivity (Wildman–Crippen MR) is 83.6 cm³/mol. The number of hydrogen-bond acceptors (Lipinski definition) is 3. The molecule has 1 aliphatic carbocycles. The van der Waals surface area contributed by atoms with Crippen LogP contribution in [0, 0.1) is 0 Å². The molecule has 0 saturated heterocycles. The molecule has 1 atom stereocenters. The molecular formula is C17H26N2O. The third-order valence-corrected chi connectivity index (χ3v) is 4.11. The Bertz CT molecular complexity index is 425. The Morgan fingerprint density at radius 1 is 1.20 bits per heavy atom. The molecule has 20 heavy (non-hydrogen) atoms. The normalized spacial score (nSPS) is 17.2. The minimum absolute atomic E-state index is 0.315. The molecule has 110 valence electrons. The summed E-state index contributed by atoms with van der Waals surface area (Å²) in [5, 5.41) is 0. The summed E-state index contributed by atoms with van der Waals surface area (Å²) in [4.78, 5) is 0. The second kappa shape index (κ2) is 8.08. The molecule has 0 heterocycles. The van der Waals surface area contributed by atoms with Crippen LogP contribution in [0.4, 0.5) is 0 Å². The number of rotatable bonds is 6. The SMILES string of the molecule is COc1ccc(CCC(NN)C2=CCCCCC2)cc1. The van der Waals surface area contributed by atoms with Crippen LogP contribution in [0.25, 0.3) is 0 Å². The van der Waals surface area contributed by atoms with Crippen molar-refractivity contribution in [2.24, 2.45) is 5.84 Å². The van der Waals surface area contributed by atoms with E-state index in [1.54, 1.807) is 7.11 Å². The van der Waals surface area contributed by atoms with Crippen molar-refractivity contribution in [3.8, 4) is 5.75 Å². The van der Waals surface area contributed by atoms with Crippen molar-refractivity contribution in [2.75, 3.05) is 7.11 Å². The zero-order valence-electron chi connectivity index (χ0n) is 12.4. The van der Waals surface area contributed by atoms with Crippen LogP contribution in [0.2, 0.25) is 0 Å². The lowest BCUT2D eigenvalue weighted by Gasteiger charge is -2.19. The van der Waals surface area contributed by atoms with Crippen molar-refractivity contribution < 1.29 is 4.74 Å². The smallest absolute Gasteiger partial charge is 0.118 e. The number of allylic oxidation sites excluding steroid dienone is 1. The van der Waals surface area contributed by atoms with E-state index in [2.05, 4.69) is 23.6 Å². The van der Waals surface area contributed by atoms with Gasteiger partial charge in [-0.1, -0.05) is 30.2 Å². The standard InChI is InChI=1S/C17H26N2O/c1-20-16-11-8-14(9-12-16)10-13-17(19-18)15-6-4-2-3-5-7-15/h6,8-9,11-12,17,19H,2-5,7,10,13,18H2,1H3. The van der Waals surface area contributed by atoms with Gasteiger partial charge < -0.3 is 4.74 Å². The van der Waals surface area contributed by atoms with Crippen molar-refractivity contribution in [2.45, 2.75) is 51.0 Å². The summed E-state index contributed by atoms with van der Waals surface area (Å²) in [7, 11) is 1.70. The monoisotopic (exact) mass is 274 g/mol. The van der Waals surface area contributed by atoms with E-state index < -0.39 is 0 Å². The van der Waals surface area contributed by atoms with Crippen molar-refractivity contribution >= 4 is 0 Å². The lowest BCUT2D eigenvalue weighted by Crippen LogP contribution is -2.37. The third kappa shape index (κ3) is 4.36. The first-order valence-corrected chi connectivity index (χ1v) is 7.61. The van der Waals surface area contributed by atoms with E-state index in [9.17, 15) is 0 Å². The van der Waals surface area contributed by atoms with Gasteiger partial charge >= 0.3 is 0 Å². The van der Waals surface area contributed by atoms with Crippen LogP contribution >= 0.6 is 0 Å². The fourth-order valence-electron chi connectivity index (χ4n) is 2.84. The molecule has 0 fully saturated rings. The summed E-state index contributed by atoms with van der Waals surface area (Å²) in [5.74, 6) is 6.66. The average Bonchev–Trinajstić information content (AvgIpc) is 2.78. The quantitative estimate of drug-likeness (QED) is 0.475. The molecule has 0 aromatic heterocycles. The summed E-state index contributed by atoms with van der Waals surface area (Å²) in [5.41, 5.74) is 5.83. The summed E-state index contributed by atoms with van der Waals surface area (Å²) in [6.07, 6.45) is 10.8. The minimum Gasteiger partial charge on any atom is -0.497 e. The maximum Gasteiger partial charge on any atom is 0.118 e. The Hall–Kier alpha value is -1.32. The Morgan fingerprint density at radius 2 is 2.00 bits per heavy atom. The molecule has 1 aromatic rings. The Balaban J connectivity index is 1.90. The molecule has 0 amide bonds. The molecule has 0 saturated carbocycles. The minimum atomic E-state index is 0.315. The average molecular weight is 274 g/mol. The number of aryl methyl sites for hydroxylation is 1. The van der Waals surface area contributed by atoms with E-state index in [0.29, 0.717) is 6.04 Å². The van der Waals surface area contributed by atoms with Crippen LogP contribution in [-0.4, -0.2) is 13.2 Å². The van der Waals surface area contributed by atoms with Gasteiger partial charge in [0, 0.05) is 6.04 Å². The first-order valence-electron chi connectivity index (χ1n) is 7.61. The van der Waals surface area contributed by atoms with Gasteiger partial charge in [0.05, 0.1) is 7.11 Å². The van der Waals surface area contributed by atoms with Gasteiger partial charge in [-0.2, -0.15) is 0 Å². The topological polar surface area (TPSA) is 47.3 Å². The molecule has 0 spiro atoms. The lowest BCUT2D eigenvalue weighted by atomic mass is 9.96. The van der Waals surface area contributed by atoms with Gasteiger partial charge in [0.15, 0.2) is 0 Å². The molecule has 2 rings (SSSR count). The van der Waals surface area contributed by atoms with Crippen molar-refractivity contribution in [3.63, 3.8) is 0 Å². The van der Waals surface area contributed by atoms with Crippen LogP contribution in [0.3, 0.4) is 0 Å². The number of benzene rings is 1. The van der Waals surface area contributed by atoms with Crippen LogP contribution < -0.4 is 16.0 Å². The number of ether oxygens (including phenoxy) is 1. The van der Waals surface area contributed by atoms with Gasteiger partial charge in [0.2, 0.25) is 0 Å². The second-order valence-electron chi connectivity index (χ2n) is 5.48.